The first-order valence-electron chi connectivity index (χ1n) is 11.8. The highest BCUT2D eigenvalue weighted by molar-refractivity contribution is 6.47. The SMILES string of the molecule is NC(=O)C1(c2ccc(NC(=O)c3ccc(F)cc3)c(F)c2)NCN=C1C(=O)NCCN1CCCCC1. The van der Waals surface area contributed by atoms with Crippen LogP contribution in [0, 0.1) is 11.6 Å². The number of piperidine rings is 1. The number of nitrogens with zero attached hydrogens (tertiary/aromatic N) is 2. The van der Waals surface area contributed by atoms with Gasteiger partial charge >= 0.3 is 0 Å². The standard InChI is InChI=1S/C25H28F2N6O3/c26-18-7-4-16(5-8-18)22(34)32-20-9-6-17(14-19(20)27)25(24(28)36)21(30-15-31-25)23(35)29-10-13-33-11-2-1-3-12-33/h4-9,14,31H,1-3,10-13,15H2,(H2,28,36)(H,29,35)(H,32,34). The molecule has 0 aliphatic carbocycles. The first-order valence-corrected chi connectivity index (χ1v) is 11.8. The van der Waals surface area contributed by atoms with E-state index in [1.54, 1.807) is 0 Å². The van der Waals surface area contributed by atoms with Gasteiger partial charge in [0.25, 0.3) is 11.8 Å². The number of hydrogen-bond acceptors (Lipinski definition) is 6. The average Bonchev–Trinajstić information content (AvgIpc) is 3.33. The number of anilines is 1. The molecule has 2 aliphatic rings. The van der Waals surface area contributed by atoms with E-state index in [-0.39, 0.29) is 29.2 Å². The van der Waals surface area contributed by atoms with E-state index >= 15 is 4.39 Å². The van der Waals surface area contributed by atoms with E-state index in [1.807, 2.05) is 0 Å². The number of benzene rings is 2. The summed E-state index contributed by atoms with van der Waals surface area (Å²) in [6.07, 6.45) is 3.46. The van der Waals surface area contributed by atoms with Gasteiger partial charge in [-0.2, -0.15) is 0 Å². The fraction of sp³-hybridized carbons (Fsp3) is 0.360. The Labute approximate surface area is 207 Å². The van der Waals surface area contributed by atoms with Gasteiger partial charge in [0, 0.05) is 18.7 Å². The van der Waals surface area contributed by atoms with E-state index < -0.39 is 34.9 Å². The summed E-state index contributed by atoms with van der Waals surface area (Å²) in [5.41, 5.74) is 3.80. The van der Waals surface area contributed by atoms with Crippen molar-refractivity contribution in [3.8, 4) is 0 Å². The fourth-order valence-corrected chi connectivity index (χ4v) is 4.51. The summed E-state index contributed by atoms with van der Waals surface area (Å²) in [6, 6.07) is 8.47. The molecule has 2 aliphatic heterocycles. The molecule has 1 saturated heterocycles. The molecule has 2 aromatic carbocycles. The van der Waals surface area contributed by atoms with Gasteiger partial charge in [-0.1, -0.05) is 12.5 Å². The van der Waals surface area contributed by atoms with Crippen molar-refractivity contribution in [1.29, 1.82) is 0 Å². The van der Waals surface area contributed by atoms with E-state index in [2.05, 4.69) is 25.8 Å². The molecule has 9 nitrogen and oxygen atoms in total. The molecule has 1 atom stereocenters. The molecule has 4 rings (SSSR count). The van der Waals surface area contributed by atoms with Crippen molar-refractivity contribution in [2.45, 2.75) is 24.8 Å². The summed E-state index contributed by atoms with van der Waals surface area (Å²) < 4.78 is 28.1. The van der Waals surface area contributed by atoms with E-state index in [9.17, 15) is 18.8 Å². The van der Waals surface area contributed by atoms with Gasteiger partial charge in [0.1, 0.15) is 17.3 Å². The quantitative estimate of drug-likeness (QED) is 0.439. The summed E-state index contributed by atoms with van der Waals surface area (Å²) in [6.45, 7) is 2.95. The third-order valence-corrected chi connectivity index (χ3v) is 6.44. The van der Waals surface area contributed by atoms with Gasteiger partial charge in [0.15, 0.2) is 5.54 Å². The Morgan fingerprint density at radius 2 is 1.75 bits per heavy atom. The summed E-state index contributed by atoms with van der Waals surface area (Å²) in [4.78, 5) is 44.4. The van der Waals surface area contributed by atoms with Gasteiger partial charge in [0.2, 0.25) is 5.91 Å². The Morgan fingerprint density at radius 3 is 2.42 bits per heavy atom. The van der Waals surface area contributed by atoms with Gasteiger partial charge < -0.3 is 21.3 Å². The minimum absolute atomic E-state index is 0.0531. The highest BCUT2D eigenvalue weighted by atomic mass is 19.1. The van der Waals surface area contributed by atoms with Crippen molar-refractivity contribution in [1.82, 2.24) is 15.5 Å². The zero-order valence-electron chi connectivity index (χ0n) is 19.7. The first kappa shape index (κ1) is 25.4. The molecule has 1 unspecified atom stereocenters. The van der Waals surface area contributed by atoms with Crippen LogP contribution in [-0.2, 0) is 15.1 Å². The lowest BCUT2D eigenvalue weighted by molar-refractivity contribution is -0.123. The molecule has 2 heterocycles. The lowest BCUT2D eigenvalue weighted by Gasteiger charge is -2.29. The minimum Gasteiger partial charge on any atom is -0.367 e. The van der Waals surface area contributed by atoms with Gasteiger partial charge in [-0.15, -0.1) is 0 Å². The molecule has 0 spiro atoms. The molecule has 190 valence electrons. The van der Waals surface area contributed by atoms with Crippen molar-refractivity contribution in [2.24, 2.45) is 10.7 Å². The lowest BCUT2D eigenvalue weighted by Crippen LogP contribution is -2.58. The van der Waals surface area contributed by atoms with E-state index in [0.717, 1.165) is 44.1 Å². The van der Waals surface area contributed by atoms with Crippen LogP contribution in [0.1, 0.15) is 35.2 Å². The second-order valence-electron chi connectivity index (χ2n) is 8.77. The number of carbonyl (C=O) groups excluding carboxylic acids is 3. The van der Waals surface area contributed by atoms with E-state index in [1.165, 1.54) is 30.7 Å². The Bertz CT molecular complexity index is 1180. The fourth-order valence-electron chi connectivity index (χ4n) is 4.51. The number of nitrogens with two attached hydrogens (primary N) is 1. The molecule has 0 aromatic heterocycles. The van der Waals surface area contributed by atoms with Crippen molar-refractivity contribution >= 4 is 29.1 Å². The molecule has 0 radical (unpaired) electrons. The van der Waals surface area contributed by atoms with Crippen LogP contribution in [0.2, 0.25) is 0 Å². The second kappa shape index (κ2) is 10.9. The summed E-state index contributed by atoms with van der Waals surface area (Å²) in [5.74, 6) is -3.46. The van der Waals surface area contributed by atoms with Crippen LogP contribution in [0.5, 0.6) is 0 Å². The van der Waals surface area contributed by atoms with E-state index in [0.29, 0.717) is 13.1 Å². The van der Waals surface area contributed by atoms with Crippen LogP contribution in [0.3, 0.4) is 0 Å². The van der Waals surface area contributed by atoms with Crippen LogP contribution in [0.15, 0.2) is 47.5 Å². The zero-order valence-corrected chi connectivity index (χ0v) is 19.7. The smallest absolute Gasteiger partial charge is 0.268 e. The largest absolute Gasteiger partial charge is 0.367 e. The van der Waals surface area contributed by atoms with Crippen LogP contribution < -0.4 is 21.7 Å². The van der Waals surface area contributed by atoms with Crippen molar-refractivity contribution < 1.29 is 23.2 Å². The monoisotopic (exact) mass is 498 g/mol. The third kappa shape index (κ3) is 5.26. The van der Waals surface area contributed by atoms with Crippen LogP contribution in [0.4, 0.5) is 14.5 Å². The lowest BCUT2D eigenvalue weighted by atomic mass is 9.84. The zero-order chi connectivity index (χ0) is 25.7. The second-order valence-corrected chi connectivity index (χ2v) is 8.77. The number of halogens is 2. The molecular formula is C25H28F2N6O3. The number of primary amides is 1. The molecule has 36 heavy (non-hydrogen) atoms. The molecule has 3 amide bonds. The molecular weight excluding hydrogens is 470 g/mol. The highest BCUT2D eigenvalue weighted by Gasteiger charge is 2.49. The number of aliphatic imine (C=N–C) groups is 1. The summed E-state index contributed by atoms with van der Waals surface area (Å²) >= 11 is 0. The Hall–Kier alpha value is -3.70. The first-order chi connectivity index (χ1) is 17.3. The topological polar surface area (TPSA) is 129 Å². The number of carbonyl (C=O) groups is 3. The van der Waals surface area contributed by atoms with Gasteiger partial charge in [-0.25, -0.2) is 8.78 Å². The van der Waals surface area contributed by atoms with Crippen LogP contribution in [-0.4, -0.2) is 61.2 Å². The maximum absolute atomic E-state index is 15.0. The molecule has 11 heteroatoms. The molecule has 5 N–H and O–H groups in total. The van der Waals surface area contributed by atoms with Crippen molar-refractivity contribution in [2.75, 3.05) is 38.2 Å². The molecule has 2 aromatic rings. The molecule has 0 saturated carbocycles. The number of amides is 3. The number of hydrogen-bond donors (Lipinski definition) is 4. The Balaban J connectivity index is 1.49. The normalized spacial score (nSPS) is 20.0. The average molecular weight is 499 g/mol. The summed E-state index contributed by atoms with van der Waals surface area (Å²) in [7, 11) is 0. The highest BCUT2D eigenvalue weighted by Crippen LogP contribution is 2.30. The van der Waals surface area contributed by atoms with Gasteiger partial charge in [0.05, 0.1) is 12.4 Å². The van der Waals surface area contributed by atoms with Gasteiger partial charge in [-0.05, 0) is 67.9 Å². The van der Waals surface area contributed by atoms with Crippen molar-refractivity contribution in [3.05, 3.63) is 65.2 Å². The maximum Gasteiger partial charge on any atom is 0.268 e. The number of rotatable bonds is 8. The maximum atomic E-state index is 15.0. The van der Waals surface area contributed by atoms with Crippen LogP contribution in [0.25, 0.3) is 0 Å². The molecule has 1 fully saturated rings. The number of nitrogens with one attached hydrogen (secondary N) is 3. The predicted octanol–water partition coefficient (Wildman–Crippen LogP) is 1.50. The minimum atomic E-state index is -1.82. The third-order valence-electron chi connectivity index (χ3n) is 6.44. The van der Waals surface area contributed by atoms with Crippen molar-refractivity contribution in [3.63, 3.8) is 0 Å². The molecule has 0 bridgehead atoms. The summed E-state index contributed by atoms with van der Waals surface area (Å²) in [5, 5.41) is 8.04. The Morgan fingerprint density at radius 1 is 1.03 bits per heavy atom. The van der Waals surface area contributed by atoms with E-state index in [4.69, 9.17) is 5.73 Å². The predicted molar refractivity (Wildman–Crippen MR) is 130 cm³/mol. The van der Waals surface area contributed by atoms with Gasteiger partial charge in [-0.3, -0.25) is 24.7 Å². The van der Waals surface area contributed by atoms with Crippen LogP contribution >= 0.6 is 0 Å². The number of likely N-dealkylation sites (tertiary alicyclic amines) is 1. The Kier molecular flexibility index (Phi) is 7.70.